The number of carbonyl (C=O) groups excluding carboxylic acids is 4. The van der Waals surface area contributed by atoms with Crippen LogP contribution < -0.4 is 23.9 Å². The highest BCUT2D eigenvalue weighted by Crippen LogP contribution is 2.34. The van der Waals surface area contributed by atoms with Crippen LogP contribution in [0.5, 0.6) is 17.2 Å². The Morgan fingerprint density at radius 3 is 1.96 bits per heavy atom. The number of rotatable bonds is 10. The van der Waals surface area contributed by atoms with E-state index in [-0.39, 0.29) is 38.0 Å². The molecule has 52 heavy (non-hydrogen) atoms. The third kappa shape index (κ3) is 15.0. The molecule has 0 aliphatic carbocycles. The van der Waals surface area contributed by atoms with Crippen molar-refractivity contribution in [3.8, 4) is 17.2 Å². The Morgan fingerprint density at radius 1 is 0.865 bits per heavy atom. The van der Waals surface area contributed by atoms with Crippen LogP contribution in [0.1, 0.15) is 66.8 Å². The van der Waals surface area contributed by atoms with Crippen LogP contribution in [0, 0.1) is 0 Å². The number of amides is 2. The van der Waals surface area contributed by atoms with Crippen LogP contribution in [-0.2, 0) is 51.9 Å². The van der Waals surface area contributed by atoms with E-state index >= 15 is 0 Å². The van der Waals surface area contributed by atoms with Gasteiger partial charge in [0.15, 0.2) is 5.75 Å². The molecule has 0 fully saturated rings. The lowest BCUT2D eigenvalue weighted by Crippen LogP contribution is -2.41. The molecule has 1 aliphatic rings. The second-order valence-corrected chi connectivity index (χ2v) is 14.1. The Balaban J connectivity index is 0.000000376. The highest BCUT2D eigenvalue weighted by atomic mass is 32.2. The van der Waals surface area contributed by atoms with Gasteiger partial charge in [-0.15, -0.1) is 0 Å². The number of hydrogen-bond acceptors (Lipinski definition) is 15. The number of aromatic nitrogens is 2. The summed E-state index contributed by atoms with van der Waals surface area (Å²) in [5.41, 5.74) is -5.82. The van der Waals surface area contributed by atoms with Crippen molar-refractivity contribution in [2.75, 3.05) is 31.2 Å². The maximum Gasteiger partial charge on any atom is 0.534 e. The van der Waals surface area contributed by atoms with Gasteiger partial charge < -0.3 is 37.9 Å². The summed E-state index contributed by atoms with van der Waals surface area (Å²) in [5.74, 6) is -1.76. The van der Waals surface area contributed by atoms with Crippen LogP contribution >= 0.6 is 0 Å². The highest BCUT2D eigenvalue weighted by molar-refractivity contribution is 7.88. The summed E-state index contributed by atoms with van der Waals surface area (Å²) >= 11 is 0. The highest BCUT2D eigenvalue weighted by Gasteiger charge is 2.49. The van der Waals surface area contributed by atoms with Gasteiger partial charge in [0.05, 0.1) is 36.9 Å². The van der Waals surface area contributed by atoms with Crippen LogP contribution in [0.15, 0.2) is 24.5 Å². The third-order valence-electron chi connectivity index (χ3n) is 5.63. The number of halogens is 3. The average molecular weight is 767 g/mol. The van der Waals surface area contributed by atoms with E-state index in [1.54, 1.807) is 26.8 Å². The monoisotopic (exact) mass is 766 g/mol. The number of esters is 2. The van der Waals surface area contributed by atoms with Gasteiger partial charge in [0.1, 0.15) is 49.1 Å². The average Bonchev–Trinajstić information content (AvgIpc) is 2.99. The van der Waals surface area contributed by atoms with E-state index in [0.29, 0.717) is 36.5 Å². The molecule has 2 aromatic heterocycles. The van der Waals surface area contributed by atoms with Gasteiger partial charge in [0, 0.05) is 26.0 Å². The molecule has 0 radical (unpaired) electrons. The van der Waals surface area contributed by atoms with Crippen molar-refractivity contribution in [1.29, 1.82) is 0 Å². The number of nitrogens with zero attached hydrogens (tertiary/aromatic N) is 3. The predicted octanol–water partition coefficient (Wildman–Crippen LogP) is 4.56. The van der Waals surface area contributed by atoms with E-state index < -0.39 is 56.5 Å². The summed E-state index contributed by atoms with van der Waals surface area (Å²) in [6.45, 7) is 12.9. The number of hydrogen-bond donors (Lipinski definition) is 1. The number of fused-ring (bicyclic) bond motifs is 1. The summed E-state index contributed by atoms with van der Waals surface area (Å²) in [7, 11) is -5.97. The van der Waals surface area contributed by atoms with Crippen molar-refractivity contribution in [3.05, 3.63) is 35.9 Å². The van der Waals surface area contributed by atoms with Crippen LogP contribution in [0.3, 0.4) is 0 Å². The van der Waals surface area contributed by atoms with E-state index in [1.807, 2.05) is 20.8 Å². The number of ether oxygens (including phenoxy) is 6. The van der Waals surface area contributed by atoms with Crippen LogP contribution in [-0.4, -0.2) is 85.5 Å². The summed E-state index contributed by atoms with van der Waals surface area (Å²) in [4.78, 5) is 54.8. The Bertz CT molecular complexity index is 1690. The zero-order valence-corrected chi connectivity index (χ0v) is 30.6. The summed E-state index contributed by atoms with van der Waals surface area (Å²) in [6.07, 6.45) is 1.01. The molecule has 0 atom stereocenters. The summed E-state index contributed by atoms with van der Waals surface area (Å²) in [6, 6.07) is 2.70. The fraction of sp³-hybridized carbons (Fsp3) is 0.548. The first kappa shape index (κ1) is 43.1. The Hall–Kier alpha value is -5.08. The van der Waals surface area contributed by atoms with Gasteiger partial charge in [-0.2, -0.15) is 21.6 Å². The maximum atomic E-state index is 12.6. The van der Waals surface area contributed by atoms with Crippen LogP contribution in [0.2, 0.25) is 0 Å². The first-order valence-electron chi connectivity index (χ1n) is 15.3. The minimum atomic E-state index is -5.97. The molecular formula is C31H41F3N4O13S. The van der Waals surface area contributed by atoms with E-state index in [0.717, 1.165) is 13.0 Å². The molecule has 3 rings (SSSR count). The van der Waals surface area contributed by atoms with E-state index in [4.69, 9.17) is 28.4 Å². The normalized spacial score (nSPS) is 12.9. The second-order valence-electron chi connectivity index (χ2n) is 12.6. The zero-order valence-electron chi connectivity index (χ0n) is 29.7. The standard InChI is InChI=1S/C16H21F3N2O8S.C15H20N2O5/c1-10(22)27-9-11-7-12(26-6-5-20-14(23)28-15(2,3)4)13(8-21-11)29-30(24,25)16(17,18)19;1-10(18)21-9-11-7-13-12(8-16-11)17(5-6-20-13)14(19)22-15(2,3)4/h7-8H,5-6,9H2,1-4H3,(H,20,23);7-8H,5-6,9H2,1-4H3. The number of alkyl halides is 3. The molecule has 0 unspecified atom stereocenters. The zero-order chi connectivity index (χ0) is 39.5. The van der Waals surface area contributed by atoms with E-state index in [2.05, 4.69) is 19.5 Å². The van der Waals surface area contributed by atoms with Crippen LogP contribution in [0.4, 0.5) is 28.4 Å². The van der Waals surface area contributed by atoms with Gasteiger partial charge in [-0.25, -0.2) is 9.59 Å². The maximum absolute atomic E-state index is 12.6. The molecule has 0 saturated carbocycles. The van der Waals surface area contributed by atoms with Gasteiger partial charge >= 0.3 is 39.8 Å². The minimum Gasteiger partial charge on any atom is -0.489 e. The summed E-state index contributed by atoms with van der Waals surface area (Å²) < 4.78 is 95.0. The van der Waals surface area contributed by atoms with Crippen molar-refractivity contribution in [3.63, 3.8) is 0 Å². The van der Waals surface area contributed by atoms with Gasteiger partial charge in [0.2, 0.25) is 5.75 Å². The van der Waals surface area contributed by atoms with Gasteiger partial charge in [-0.1, -0.05) is 0 Å². The second kappa shape index (κ2) is 17.9. The molecule has 0 saturated heterocycles. The molecular weight excluding hydrogens is 725 g/mol. The smallest absolute Gasteiger partial charge is 0.489 e. The lowest BCUT2D eigenvalue weighted by atomic mass is 10.2. The lowest BCUT2D eigenvalue weighted by Gasteiger charge is -2.31. The molecule has 2 amide bonds. The lowest BCUT2D eigenvalue weighted by molar-refractivity contribution is -0.143. The molecule has 21 heteroatoms. The third-order valence-corrected chi connectivity index (χ3v) is 6.59. The Labute approximate surface area is 298 Å². The molecule has 0 bridgehead atoms. The number of carbonyl (C=O) groups is 4. The topological polar surface area (TPSA) is 208 Å². The number of anilines is 1. The van der Waals surface area contributed by atoms with E-state index in [9.17, 15) is 40.8 Å². The molecule has 0 aromatic carbocycles. The van der Waals surface area contributed by atoms with E-state index in [1.165, 1.54) is 18.0 Å². The van der Waals surface area contributed by atoms with Crippen molar-refractivity contribution < 1.29 is 73.4 Å². The van der Waals surface area contributed by atoms with Gasteiger partial charge in [-0.05, 0) is 41.5 Å². The first-order chi connectivity index (χ1) is 23.9. The first-order valence-corrected chi connectivity index (χ1v) is 16.8. The quantitative estimate of drug-likeness (QED) is 0.116. The number of alkyl carbamates (subject to hydrolysis) is 1. The van der Waals surface area contributed by atoms with Crippen molar-refractivity contribution in [2.24, 2.45) is 0 Å². The number of pyridine rings is 2. The molecule has 1 N–H and O–H groups in total. The van der Waals surface area contributed by atoms with Crippen molar-refractivity contribution in [2.45, 2.75) is 85.3 Å². The molecule has 0 spiro atoms. The van der Waals surface area contributed by atoms with Crippen LogP contribution in [0.25, 0.3) is 0 Å². The molecule has 290 valence electrons. The molecule has 1 aliphatic heterocycles. The number of nitrogens with one attached hydrogen (secondary N) is 1. The molecule has 17 nitrogen and oxygen atoms in total. The predicted molar refractivity (Wildman–Crippen MR) is 174 cm³/mol. The fourth-order valence-corrected chi connectivity index (χ4v) is 4.06. The Kier molecular flexibility index (Phi) is 14.8. The molecule has 2 aromatic rings. The fourth-order valence-electron chi connectivity index (χ4n) is 3.61. The minimum absolute atomic E-state index is 0.0528. The largest absolute Gasteiger partial charge is 0.534 e. The van der Waals surface area contributed by atoms with Crippen molar-refractivity contribution in [1.82, 2.24) is 15.3 Å². The van der Waals surface area contributed by atoms with Gasteiger partial charge in [0.25, 0.3) is 0 Å². The Morgan fingerprint density at radius 2 is 1.42 bits per heavy atom. The van der Waals surface area contributed by atoms with Gasteiger partial charge in [-0.3, -0.25) is 24.5 Å². The van der Waals surface area contributed by atoms with Crippen molar-refractivity contribution >= 4 is 39.9 Å². The SMILES string of the molecule is CC(=O)OCc1cc(OCCNC(=O)OC(C)(C)C)c(OS(=O)(=O)C(F)(F)F)cn1.CC(=O)OCc1cc2c(cn1)N(C(=O)OC(C)(C)C)CCO2. The summed E-state index contributed by atoms with van der Waals surface area (Å²) in [5, 5.41) is 2.35. The molecule has 3 heterocycles.